The van der Waals surface area contributed by atoms with Crippen LogP contribution < -0.4 is 11.3 Å². The van der Waals surface area contributed by atoms with E-state index in [1.54, 1.807) is 33.7 Å². The number of rotatable bonds is 4. The third-order valence-electron chi connectivity index (χ3n) is 2.39. The number of nitrogens with two attached hydrogens (primary N) is 1. The molecule has 0 fully saturated rings. The van der Waals surface area contributed by atoms with Crippen LogP contribution in [-0.4, -0.2) is 20.7 Å². The standard InChI is InChI=1S/C10H14N4O/c11-4-1-2-6-13-7-8-14-9(10(13)15)3-5-12-14/h3,5,7-8H,1-2,4,6,11H2. The maximum absolute atomic E-state index is 11.9. The van der Waals surface area contributed by atoms with Gasteiger partial charge >= 0.3 is 0 Å². The second kappa shape index (κ2) is 4.27. The molecular formula is C10H14N4O. The van der Waals surface area contributed by atoms with Crippen molar-refractivity contribution in [3.8, 4) is 0 Å². The van der Waals surface area contributed by atoms with E-state index in [0.717, 1.165) is 19.4 Å². The van der Waals surface area contributed by atoms with Crippen molar-refractivity contribution in [2.24, 2.45) is 5.73 Å². The summed E-state index contributed by atoms with van der Waals surface area (Å²) in [5.74, 6) is 0. The van der Waals surface area contributed by atoms with Crippen molar-refractivity contribution in [2.45, 2.75) is 19.4 Å². The molecule has 0 atom stereocenters. The van der Waals surface area contributed by atoms with Gasteiger partial charge in [-0.1, -0.05) is 0 Å². The van der Waals surface area contributed by atoms with Gasteiger partial charge in [0, 0.05) is 18.9 Å². The van der Waals surface area contributed by atoms with Crippen LogP contribution in [0, 0.1) is 0 Å². The molecule has 2 aromatic heterocycles. The van der Waals surface area contributed by atoms with Crippen LogP contribution in [0.25, 0.3) is 5.52 Å². The second-order valence-corrected chi connectivity index (χ2v) is 3.45. The van der Waals surface area contributed by atoms with Crippen molar-refractivity contribution in [1.29, 1.82) is 0 Å². The summed E-state index contributed by atoms with van der Waals surface area (Å²) >= 11 is 0. The number of fused-ring (bicyclic) bond motifs is 1. The minimum absolute atomic E-state index is 0.00650. The van der Waals surface area contributed by atoms with Crippen molar-refractivity contribution in [3.05, 3.63) is 35.0 Å². The molecule has 2 heterocycles. The van der Waals surface area contributed by atoms with Crippen LogP contribution in [0.5, 0.6) is 0 Å². The minimum atomic E-state index is 0.00650. The molecule has 0 bridgehead atoms. The van der Waals surface area contributed by atoms with Crippen LogP contribution >= 0.6 is 0 Å². The van der Waals surface area contributed by atoms with Gasteiger partial charge in [-0.2, -0.15) is 5.10 Å². The molecule has 15 heavy (non-hydrogen) atoms. The zero-order valence-corrected chi connectivity index (χ0v) is 8.47. The van der Waals surface area contributed by atoms with Crippen molar-refractivity contribution in [3.63, 3.8) is 0 Å². The lowest BCUT2D eigenvalue weighted by atomic mass is 10.3. The molecule has 0 aliphatic heterocycles. The largest absolute Gasteiger partial charge is 0.330 e. The van der Waals surface area contributed by atoms with Crippen LogP contribution in [0.15, 0.2) is 29.5 Å². The van der Waals surface area contributed by atoms with Gasteiger partial charge in [0.25, 0.3) is 5.56 Å². The predicted octanol–water partition coefficient (Wildman–Crippen LogP) is 0.235. The molecule has 0 aliphatic rings. The summed E-state index contributed by atoms with van der Waals surface area (Å²) in [5, 5.41) is 4.00. The Kier molecular flexibility index (Phi) is 2.82. The fourth-order valence-electron chi connectivity index (χ4n) is 1.56. The van der Waals surface area contributed by atoms with Crippen molar-refractivity contribution in [1.82, 2.24) is 14.2 Å². The Morgan fingerprint density at radius 3 is 3.00 bits per heavy atom. The summed E-state index contributed by atoms with van der Waals surface area (Å²) in [6, 6.07) is 1.72. The molecule has 5 heteroatoms. The second-order valence-electron chi connectivity index (χ2n) is 3.45. The van der Waals surface area contributed by atoms with E-state index in [1.807, 2.05) is 0 Å². The van der Waals surface area contributed by atoms with Crippen LogP contribution in [0.3, 0.4) is 0 Å². The molecule has 0 radical (unpaired) electrons. The quantitative estimate of drug-likeness (QED) is 0.728. The molecule has 2 aromatic rings. The topological polar surface area (TPSA) is 65.3 Å². The summed E-state index contributed by atoms with van der Waals surface area (Å²) in [5.41, 5.74) is 6.03. The zero-order valence-electron chi connectivity index (χ0n) is 8.47. The van der Waals surface area contributed by atoms with Crippen LogP contribution in [-0.2, 0) is 6.54 Å². The van der Waals surface area contributed by atoms with E-state index in [-0.39, 0.29) is 5.56 Å². The average molecular weight is 206 g/mol. The van der Waals surface area contributed by atoms with Gasteiger partial charge < -0.3 is 10.3 Å². The van der Waals surface area contributed by atoms with Gasteiger partial charge in [0.1, 0.15) is 5.52 Å². The Labute approximate surface area is 87.1 Å². The normalized spacial score (nSPS) is 11.0. The molecule has 5 nitrogen and oxygen atoms in total. The number of nitrogens with zero attached hydrogens (tertiary/aromatic N) is 3. The highest BCUT2D eigenvalue weighted by Gasteiger charge is 2.01. The molecule has 2 rings (SSSR count). The highest BCUT2D eigenvalue weighted by molar-refractivity contribution is 5.42. The molecule has 0 amide bonds. The lowest BCUT2D eigenvalue weighted by molar-refractivity contribution is 0.595. The number of aryl methyl sites for hydroxylation is 1. The van der Waals surface area contributed by atoms with E-state index in [1.165, 1.54) is 0 Å². The molecular weight excluding hydrogens is 192 g/mol. The van der Waals surface area contributed by atoms with Crippen LogP contribution in [0.4, 0.5) is 0 Å². The van der Waals surface area contributed by atoms with Gasteiger partial charge in [-0.25, -0.2) is 4.52 Å². The van der Waals surface area contributed by atoms with Gasteiger partial charge in [0.05, 0.1) is 6.20 Å². The van der Waals surface area contributed by atoms with E-state index in [2.05, 4.69) is 5.10 Å². The van der Waals surface area contributed by atoms with E-state index in [4.69, 9.17) is 5.73 Å². The molecule has 0 aromatic carbocycles. The van der Waals surface area contributed by atoms with Crippen molar-refractivity contribution < 1.29 is 0 Å². The van der Waals surface area contributed by atoms with Crippen LogP contribution in [0.1, 0.15) is 12.8 Å². The summed E-state index contributed by atoms with van der Waals surface area (Å²) in [7, 11) is 0. The smallest absolute Gasteiger partial charge is 0.276 e. The third-order valence-corrected chi connectivity index (χ3v) is 2.39. The van der Waals surface area contributed by atoms with Gasteiger partial charge in [0.2, 0.25) is 0 Å². The van der Waals surface area contributed by atoms with Gasteiger partial charge in [-0.05, 0) is 25.5 Å². The van der Waals surface area contributed by atoms with E-state index in [9.17, 15) is 4.79 Å². The Morgan fingerprint density at radius 1 is 1.33 bits per heavy atom. The fourth-order valence-corrected chi connectivity index (χ4v) is 1.56. The molecule has 0 unspecified atom stereocenters. The van der Waals surface area contributed by atoms with E-state index in [0.29, 0.717) is 12.1 Å². The molecule has 80 valence electrons. The van der Waals surface area contributed by atoms with Gasteiger partial charge in [0.15, 0.2) is 0 Å². The molecule has 0 saturated carbocycles. The monoisotopic (exact) mass is 206 g/mol. The fraction of sp³-hybridized carbons (Fsp3) is 0.400. The molecule has 0 aliphatic carbocycles. The van der Waals surface area contributed by atoms with E-state index >= 15 is 0 Å². The predicted molar refractivity (Wildman–Crippen MR) is 57.7 cm³/mol. The maximum atomic E-state index is 11.9. The summed E-state index contributed by atoms with van der Waals surface area (Å²) < 4.78 is 3.29. The third kappa shape index (κ3) is 1.92. The highest BCUT2D eigenvalue weighted by Crippen LogP contribution is 1.96. The Bertz CT molecular complexity index is 499. The number of hydrogen-bond donors (Lipinski definition) is 1. The van der Waals surface area contributed by atoms with Crippen LogP contribution in [0.2, 0.25) is 0 Å². The maximum Gasteiger partial charge on any atom is 0.276 e. The minimum Gasteiger partial charge on any atom is -0.330 e. The van der Waals surface area contributed by atoms with Crippen molar-refractivity contribution in [2.75, 3.05) is 6.54 Å². The average Bonchev–Trinajstić information content (AvgIpc) is 2.70. The van der Waals surface area contributed by atoms with Gasteiger partial charge in [-0.15, -0.1) is 0 Å². The molecule has 2 N–H and O–H groups in total. The first-order valence-corrected chi connectivity index (χ1v) is 5.06. The Balaban J connectivity index is 2.28. The lowest BCUT2D eigenvalue weighted by Gasteiger charge is -2.04. The number of aromatic nitrogens is 3. The first kappa shape index (κ1) is 9.92. The van der Waals surface area contributed by atoms with Gasteiger partial charge in [-0.3, -0.25) is 4.79 Å². The summed E-state index contributed by atoms with van der Waals surface area (Å²) in [6.45, 7) is 1.39. The Hall–Kier alpha value is -1.62. The summed E-state index contributed by atoms with van der Waals surface area (Å²) in [6.07, 6.45) is 7.05. The zero-order chi connectivity index (χ0) is 10.7. The van der Waals surface area contributed by atoms with E-state index < -0.39 is 0 Å². The number of unbranched alkanes of at least 4 members (excludes halogenated alkanes) is 1. The lowest BCUT2D eigenvalue weighted by Crippen LogP contribution is -2.21. The SMILES string of the molecule is NCCCCn1ccn2nccc2c1=O. The molecule has 0 saturated heterocycles. The Morgan fingerprint density at radius 2 is 2.20 bits per heavy atom. The number of hydrogen-bond acceptors (Lipinski definition) is 3. The first-order valence-electron chi connectivity index (χ1n) is 5.06. The molecule has 0 spiro atoms. The summed E-state index contributed by atoms with van der Waals surface area (Å²) in [4.78, 5) is 11.9. The highest BCUT2D eigenvalue weighted by atomic mass is 16.1. The first-order chi connectivity index (χ1) is 7.33. The van der Waals surface area contributed by atoms with Crippen molar-refractivity contribution >= 4 is 5.52 Å².